The Labute approximate surface area is 341 Å². The minimum atomic E-state index is -1.59. The van der Waals surface area contributed by atoms with Crippen LogP contribution < -0.4 is 0 Å². The molecule has 6 unspecified atom stereocenters. The van der Waals surface area contributed by atoms with Crippen molar-refractivity contribution < 1.29 is 49.0 Å². The molecule has 0 aromatic heterocycles. The van der Waals surface area contributed by atoms with Gasteiger partial charge in [0.05, 0.1) is 13.2 Å². The van der Waals surface area contributed by atoms with Crippen LogP contribution in [-0.4, -0.2) is 89.0 Å². The SMILES string of the molecule is CCCCCCCCC/C=C\CCCCCCCCCC(=O)OC(COC(=O)CCCCCCCCCCCCCCC)COC1OC(CO)C(O)C(O)C1O. The van der Waals surface area contributed by atoms with E-state index in [0.717, 1.165) is 44.9 Å². The number of ether oxygens (including phenoxy) is 4. The highest BCUT2D eigenvalue weighted by molar-refractivity contribution is 5.70. The van der Waals surface area contributed by atoms with Crippen molar-refractivity contribution in [1.82, 2.24) is 0 Å². The van der Waals surface area contributed by atoms with Crippen LogP contribution in [0.3, 0.4) is 0 Å². The van der Waals surface area contributed by atoms with Crippen LogP contribution in [0.25, 0.3) is 0 Å². The minimum Gasteiger partial charge on any atom is -0.462 e. The van der Waals surface area contributed by atoms with E-state index in [0.29, 0.717) is 6.42 Å². The zero-order valence-corrected chi connectivity index (χ0v) is 35.9. The van der Waals surface area contributed by atoms with Crippen molar-refractivity contribution in [2.24, 2.45) is 0 Å². The Bertz CT molecular complexity index is 928. The van der Waals surface area contributed by atoms with Gasteiger partial charge in [-0.05, 0) is 38.5 Å². The maximum atomic E-state index is 12.8. The van der Waals surface area contributed by atoms with Crippen LogP contribution in [0.4, 0.5) is 0 Å². The van der Waals surface area contributed by atoms with Crippen molar-refractivity contribution in [2.45, 2.75) is 250 Å². The van der Waals surface area contributed by atoms with E-state index in [1.807, 2.05) is 0 Å². The van der Waals surface area contributed by atoms with Crippen LogP contribution in [0.15, 0.2) is 12.2 Å². The third kappa shape index (κ3) is 28.8. The first kappa shape index (κ1) is 52.5. The summed E-state index contributed by atoms with van der Waals surface area (Å²) in [6.45, 7) is 3.44. The molecule has 0 spiro atoms. The average molecular weight is 799 g/mol. The van der Waals surface area contributed by atoms with Gasteiger partial charge in [0, 0.05) is 12.8 Å². The highest BCUT2D eigenvalue weighted by atomic mass is 16.7. The smallest absolute Gasteiger partial charge is 0.306 e. The molecule has 0 aromatic rings. The van der Waals surface area contributed by atoms with Crippen LogP contribution in [0.2, 0.25) is 0 Å². The molecule has 0 radical (unpaired) electrons. The van der Waals surface area contributed by atoms with E-state index in [9.17, 15) is 30.0 Å². The van der Waals surface area contributed by atoms with E-state index in [1.165, 1.54) is 135 Å². The molecular weight excluding hydrogens is 712 g/mol. The first-order chi connectivity index (χ1) is 27.3. The molecule has 0 amide bonds. The molecule has 6 atom stereocenters. The maximum Gasteiger partial charge on any atom is 0.306 e. The fourth-order valence-electron chi connectivity index (χ4n) is 7.18. The van der Waals surface area contributed by atoms with E-state index in [-0.39, 0.29) is 32.0 Å². The summed E-state index contributed by atoms with van der Waals surface area (Å²) in [7, 11) is 0. The number of aliphatic hydroxyl groups excluding tert-OH is 4. The van der Waals surface area contributed by atoms with Crippen molar-refractivity contribution in [3.05, 3.63) is 12.2 Å². The second-order valence-corrected chi connectivity index (χ2v) is 16.2. The molecule has 10 nitrogen and oxygen atoms in total. The van der Waals surface area contributed by atoms with Crippen LogP contribution in [0.1, 0.15) is 213 Å². The predicted molar refractivity (Wildman–Crippen MR) is 224 cm³/mol. The van der Waals surface area contributed by atoms with Gasteiger partial charge in [0.25, 0.3) is 0 Å². The van der Waals surface area contributed by atoms with E-state index in [4.69, 9.17) is 18.9 Å². The monoisotopic (exact) mass is 799 g/mol. The second kappa shape index (κ2) is 37.7. The molecule has 0 aliphatic carbocycles. The molecule has 0 saturated carbocycles. The Hall–Kier alpha value is -1.56. The van der Waals surface area contributed by atoms with E-state index in [1.54, 1.807) is 0 Å². The van der Waals surface area contributed by atoms with Gasteiger partial charge in [-0.2, -0.15) is 0 Å². The Morgan fingerprint density at radius 2 is 0.946 bits per heavy atom. The molecule has 1 saturated heterocycles. The Kier molecular flexibility index (Phi) is 35.3. The topological polar surface area (TPSA) is 152 Å². The highest BCUT2D eigenvalue weighted by Crippen LogP contribution is 2.23. The number of carbonyl (C=O) groups excluding carboxylic acids is 2. The molecule has 1 aliphatic rings. The van der Waals surface area contributed by atoms with Crippen molar-refractivity contribution in [2.75, 3.05) is 19.8 Å². The molecule has 56 heavy (non-hydrogen) atoms. The number of unbranched alkanes of at least 4 members (excludes halogenated alkanes) is 26. The Morgan fingerprint density at radius 3 is 1.39 bits per heavy atom. The normalized spacial score (nSPS) is 20.4. The Morgan fingerprint density at radius 1 is 0.536 bits per heavy atom. The van der Waals surface area contributed by atoms with Gasteiger partial charge in [-0.3, -0.25) is 9.59 Å². The van der Waals surface area contributed by atoms with Gasteiger partial charge in [-0.25, -0.2) is 0 Å². The lowest BCUT2D eigenvalue weighted by molar-refractivity contribution is -0.305. The lowest BCUT2D eigenvalue weighted by Crippen LogP contribution is -2.59. The minimum absolute atomic E-state index is 0.214. The first-order valence-electron chi connectivity index (χ1n) is 23.3. The van der Waals surface area contributed by atoms with Gasteiger partial charge in [0.1, 0.15) is 31.0 Å². The summed E-state index contributed by atoms with van der Waals surface area (Å²) in [6, 6.07) is 0. The number of aliphatic hydroxyl groups is 4. The molecule has 10 heteroatoms. The maximum absolute atomic E-state index is 12.8. The average Bonchev–Trinajstić information content (AvgIpc) is 3.19. The second-order valence-electron chi connectivity index (χ2n) is 16.2. The standard InChI is InChI=1S/C46H86O10/c1-3-5-7-9-11-13-15-17-18-19-20-21-23-25-27-29-31-33-35-42(49)55-39(38-54-46-45(52)44(51)43(50)40(36-47)56-46)37-53-41(48)34-32-30-28-26-24-22-16-14-12-10-8-6-4-2/h18-19,39-40,43-47,50-52H,3-17,20-38H2,1-2H3/b19-18-. The highest BCUT2D eigenvalue weighted by Gasteiger charge is 2.44. The van der Waals surface area contributed by atoms with Gasteiger partial charge < -0.3 is 39.4 Å². The lowest BCUT2D eigenvalue weighted by atomic mass is 9.99. The van der Waals surface area contributed by atoms with Gasteiger partial charge in [0.2, 0.25) is 0 Å². The van der Waals surface area contributed by atoms with Crippen LogP contribution >= 0.6 is 0 Å². The summed E-state index contributed by atoms with van der Waals surface area (Å²) in [5.41, 5.74) is 0. The van der Waals surface area contributed by atoms with Crippen molar-refractivity contribution in [3.8, 4) is 0 Å². The number of rotatable bonds is 39. The van der Waals surface area contributed by atoms with Gasteiger partial charge in [-0.15, -0.1) is 0 Å². The van der Waals surface area contributed by atoms with Crippen molar-refractivity contribution >= 4 is 11.9 Å². The number of esters is 2. The number of hydrogen-bond acceptors (Lipinski definition) is 10. The third-order valence-corrected chi connectivity index (χ3v) is 10.9. The lowest BCUT2D eigenvalue weighted by Gasteiger charge is -2.39. The largest absolute Gasteiger partial charge is 0.462 e. The van der Waals surface area contributed by atoms with Crippen molar-refractivity contribution in [3.63, 3.8) is 0 Å². The zero-order chi connectivity index (χ0) is 40.9. The Balaban J connectivity index is 2.30. The summed E-state index contributed by atoms with van der Waals surface area (Å²) < 4.78 is 22.2. The molecule has 1 heterocycles. The summed E-state index contributed by atoms with van der Waals surface area (Å²) in [5, 5.41) is 40.1. The quantitative estimate of drug-likeness (QED) is 0.0269. The van der Waals surface area contributed by atoms with E-state index < -0.39 is 49.4 Å². The van der Waals surface area contributed by atoms with Crippen molar-refractivity contribution in [1.29, 1.82) is 0 Å². The predicted octanol–water partition coefficient (Wildman–Crippen LogP) is 9.95. The van der Waals surface area contributed by atoms with E-state index in [2.05, 4.69) is 26.0 Å². The van der Waals surface area contributed by atoms with E-state index >= 15 is 0 Å². The number of hydrogen-bond donors (Lipinski definition) is 4. The molecule has 0 bridgehead atoms. The van der Waals surface area contributed by atoms with Gasteiger partial charge in [-0.1, -0.05) is 174 Å². The van der Waals surface area contributed by atoms with Crippen LogP contribution in [0, 0.1) is 0 Å². The summed E-state index contributed by atoms with van der Waals surface area (Å²) in [6.07, 6.45) is 32.1. The molecule has 1 aliphatic heterocycles. The van der Waals surface area contributed by atoms with Gasteiger partial charge in [0.15, 0.2) is 12.4 Å². The summed E-state index contributed by atoms with van der Waals surface area (Å²) >= 11 is 0. The molecule has 330 valence electrons. The molecule has 0 aromatic carbocycles. The van der Waals surface area contributed by atoms with Crippen LogP contribution in [0.5, 0.6) is 0 Å². The molecule has 4 N–H and O–H groups in total. The third-order valence-electron chi connectivity index (χ3n) is 10.9. The summed E-state index contributed by atoms with van der Waals surface area (Å²) in [4.78, 5) is 25.3. The zero-order valence-electron chi connectivity index (χ0n) is 35.9. The molecular formula is C46H86O10. The van der Waals surface area contributed by atoms with Crippen LogP contribution in [-0.2, 0) is 28.5 Å². The first-order valence-corrected chi connectivity index (χ1v) is 23.3. The number of carbonyl (C=O) groups is 2. The summed E-state index contributed by atoms with van der Waals surface area (Å²) in [5.74, 6) is -0.801. The fraction of sp³-hybridized carbons (Fsp3) is 0.913. The fourth-order valence-corrected chi connectivity index (χ4v) is 7.18. The van der Waals surface area contributed by atoms with Gasteiger partial charge >= 0.3 is 11.9 Å². The molecule has 1 fully saturated rings. The molecule has 1 rings (SSSR count). The number of allylic oxidation sites excluding steroid dienone is 2.